The highest BCUT2D eigenvalue weighted by Crippen LogP contribution is 2.39. The van der Waals surface area contributed by atoms with Crippen LogP contribution in [0.2, 0.25) is 18.1 Å². The van der Waals surface area contributed by atoms with Crippen molar-refractivity contribution in [2.45, 2.75) is 45.1 Å². The summed E-state index contributed by atoms with van der Waals surface area (Å²) in [5, 5.41) is -0.136. The summed E-state index contributed by atoms with van der Waals surface area (Å²) in [6, 6.07) is 3.13. The molecule has 20 heavy (non-hydrogen) atoms. The van der Waals surface area contributed by atoms with Crippen LogP contribution in [0.4, 0.5) is 13.2 Å². The highest BCUT2D eigenvalue weighted by molar-refractivity contribution is 6.74. The summed E-state index contributed by atoms with van der Waals surface area (Å²) in [5.41, 5.74) is -0.899. The Labute approximate surface area is 118 Å². The topological polar surface area (TPSA) is 26.3 Å². The summed E-state index contributed by atoms with van der Waals surface area (Å²) >= 11 is 0. The number of aldehydes is 1. The van der Waals surface area contributed by atoms with Crippen molar-refractivity contribution < 1.29 is 22.4 Å². The third-order valence-corrected chi connectivity index (χ3v) is 7.93. The van der Waals surface area contributed by atoms with Gasteiger partial charge in [0.1, 0.15) is 12.0 Å². The number of halogens is 3. The van der Waals surface area contributed by atoms with Crippen molar-refractivity contribution in [3.05, 3.63) is 29.3 Å². The van der Waals surface area contributed by atoms with Gasteiger partial charge in [0.25, 0.3) is 0 Å². The first-order chi connectivity index (χ1) is 8.87. The fourth-order valence-corrected chi connectivity index (χ4v) is 2.37. The second-order valence-electron chi connectivity index (χ2n) is 6.27. The lowest BCUT2D eigenvalue weighted by atomic mass is 10.1. The zero-order chi connectivity index (χ0) is 15.8. The molecule has 0 bridgehead atoms. The van der Waals surface area contributed by atoms with Gasteiger partial charge in [-0.25, -0.2) is 0 Å². The molecule has 1 aromatic rings. The molecule has 0 unspecified atom stereocenters. The number of rotatable bonds is 3. The van der Waals surface area contributed by atoms with Crippen LogP contribution in [-0.4, -0.2) is 14.6 Å². The predicted molar refractivity (Wildman–Crippen MR) is 74.7 cm³/mol. The lowest BCUT2D eigenvalue weighted by molar-refractivity contribution is -0.137. The van der Waals surface area contributed by atoms with E-state index in [0.717, 1.165) is 12.1 Å². The summed E-state index contributed by atoms with van der Waals surface area (Å²) in [6.45, 7) is 9.86. The van der Waals surface area contributed by atoms with Gasteiger partial charge < -0.3 is 4.43 Å². The average Bonchev–Trinajstić information content (AvgIpc) is 2.25. The van der Waals surface area contributed by atoms with E-state index < -0.39 is 20.1 Å². The Morgan fingerprint density at radius 3 is 2.05 bits per heavy atom. The molecule has 1 rings (SSSR count). The number of benzene rings is 1. The van der Waals surface area contributed by atoms with Crippen LogP contribution in [-0.2, 0) is 6.18 Å². The Balaban J connectivity index is 3.23. The molecule has 0 aliphatic heterocycles. The molecule has 0 N–H and O–H groups in total. The van der Waals surface area contributed by atoms with Gasteiger partial charge in [-0.15, -0.1) is 0 Å². The molecule has 2 nitrogen and oxygen atoms in total. The fraction of sp³-hybridized carbons (Fsp3) is 0.500. The molecule has 6 heteroatoms. The van der Waals surface area contributed by atoms with E-state index >= 15 is 0 Å². The molecule has 0 radical (unpaired) electrons. The van der Waals surface area contributed by atoms with Gasteiger partial charge in [-0.3, -0.25) is 4.79 Å². The van der Waals surface area contributed by atoms with Crippen molar-refractivity contribution in [2.24, 2.45) is 0 Å². The van der Waals surface area contributed by atoms with Crippen LogP contribution in [0.25, 0.3) is 0 Å². The minimum absolute atomic E-state index is 0.0338. The largest absolute Gasteiger partial charge is 0.543 e. The molecule has 0 aromatic heterocycles. The van der Waals surface area contributed by atoms with E-state index in [-0.39, 0.29) is 16.4 Å². The number of alkyl halides is 3. The summed E-state index contributed by atoms with van der Waals surface area (Å²) < 4.78 is 44.2. The Hall–Kier alpha value is -1.30. The van der Waals surface area contributed by atoms with E-state index in [1.165, 1.54) is 6.07 Å². The van der Waals surface area contributed by atoms with E-state index in [4.69, 9.17) is 4.43 Å². The van der Waals surface area contributed by atoms with Crippen molar-refractivity contribution in [2.75, 3.05) is 0 Å². The first-order valence-electron chi connectivity index (χ1n) is 6.23. The molecule has 112 valence electrons. The fourth-order valence-electron chi connectivity index (χ4n) is 1.36. The number of hydrogen-bond acceptors (Lipinski definition) is 2. The molecule has 0 saturated heterocycles. The third kappa shape index (κ3) is 3.85. The summed E-state index contributed by atoms with van der Waals surface area (Å²) in [4.78, 5) is 10.8. The van der Waals surface area contributed by atoms with Crippen molar-refractivity contribution >= 4 is 14.6 Å². The number of carbonyl (C=O) groups is 1. The highest BCUT2D eigenvalue weighted by atomic mass is 28.4. The zero-order valence-corrected chi connectivity index (χ0v) is 13.3. The van der Waals surface area contributed by atoms with Gasteiger partial charge in [-0.05, 0) is 36.3 Å². The average molecular weight is 304 g/mol. The van der Waals surface area contributed by atoms with Gasteiger partial charge in [0.05, 0.1) is 5.56 Å². The van der Waals surface area contributed by atoms with Gasteiger partial charge in [0.2, 0.25) is 8.32 Å². The number of hydrogen-bond donors (Lipinski definition) is 0. The maximum absolute atomic E-state index is 12.8. The van der Waals surface area contributed by atoms with E-state index in [2.05, 4.69) is 0 Å². The minimum Gasteiger partial charge on any atom is -0.543 e. The lowest BCUT2D eigenvalue weighted by Crippen LogP contribution is -2.43. The van der Waals surface area contributed by atoms with Crippen LogP contribution in [0.1, 0.15) is 36.7 Å². The molecule has 0 aliphatic rings. The van der Waals surface area contributed by atoms with E-state index in [1.807, 2.05) is 33.9 Å². The SMILES string of the molecule is CC(C)(C)[Si](C)(C)Oc1cc(C=O)cc(C(F)(F)F)c1. The van der Waals surface area contributed by atoms with E-state index in [9.17, 15) is 18.0 Å². The summed E-state index contributed by atoms with van der Waals surface area (Å²) in [7, 11) is -2.25. The van der Waals surface area contributed by atoms with Gasteiger partial charge in [0, 0.05) is 5.56 Å². The maximum atomic E-state index is 12.8. The molecule has 0 fully saturated rings. The Morgan fingerprint density at radius 1 is 1.10 bits per heavy atom. The van der Waals surface area contributed by atoms with Crippen LogP contribution in [0.5, 0.6) is 5.75 Å². The van der Waals surface area contributed by atoms with Crippen LogP contribution in [0.15, 0.2) is 18.2 Å². The Morgan fingerprint density at radius 2 is 1.65 bits per heavy atom. The molecular weight excluding hydrogens is 285 g/mol. The molecule has 1 aromatic carbocycles. The van der Waals surface area contributed by atoms with E-state index in [1.54, 1.807) is 0 Å². The zero-order valence-electron chi connectivity index (χ0n) is 12.3. The quantitative estimate of drug-likeness (QED) is 0.586. The summed E-state index contributed by atoms with van der Waals surface area (Å²) in [5.74, 6) is 0.105. The maximum Gasteiger partial charge on any atom is 0.416 e. The second kappa shape index (κ2) is 5.24. The highest BCUT2D eigenvalue weighted by Gasteiger charge is 2.39. The van der Waals surface area contributed by atoms with Crippen molar-refractivity contribution in [3.63, 3.8) is 0 Å². The first-order valence-corrected chi connectivity index (χ1v) is 9.14. The molecule has 0 amide bonds. The molecule has 0 spiro atoms. The van der Waals surface area contributed by atoms with Crippen molar-refractivity contribution in [1.29, 1.82) is 0 Å². The smallest absolute Gasteiger partial charge is 0.416 e. The van der Waals surface area contributed by atoms with Crippen LogP contribution in [0, 0.1) is 0 Å². The van der Waals surface area contributed by atoms with Crippen LogP contribution >= 0.6 is 0 Å². The summed E-state index contributed by atoms with van der Waals surface area (Å²) in [6.07, 6.45) is -4.10. The van der Waals surface area contributed by atoms with Crippen LogP contribution in [0.3, 0.4) is 0 Å². The number of carbonyl (C=O) groups excluding carboxylic acids is 1. The molecular formula is C14H19F3O2Si. The van der Waals surface area contributed by atoms with Gasteiger partial charge in [0.15, 0.2) is 0 Å². The van der Waals surface area contributed by atoms with Crippen molar-refractivity contribution in [3.8, 4) is 5.75 Å². The standard InChI is InChI=1S/C14H19F3O2Si/c1-13(2,3)20(4,5)19-12-7-10(9-18)6-11(8-12)14(15,16)17/h6-9H,1-5H3. The molecule has 0 saturated carbocycles. The second-order valence-corrected chi connectivity index (χ2v) is 11.0. The van der Waals surface area contributed by atoms with Gasteiger partial charge in [-0.2, -0.15) is 13.2 Å². The predicted octanol–water partition coefficient (Wildman–Crippen LogP) is 4.90. The molecule has 0 aliphatic carbocycles. The normalized spacial score (nSPS) is 13.2. The third-order valence-electron chi connectivity index (χ3n) is 3.57. The van der Waals surface area contributed by atoms with Gasteiger partial charge in [-0.1, -0.05) is 20.8 Å². The van der Waals surface area contributed by atoms with Crippen molar-refractivity contribution in [1.82, 2.24) is 0 Å². The monoisotopic (exact) mass is 304 g/mol. The Kier molecular flexibility index (Phi) is 4.39. The first kappa shape index (κ1) is 16.8. The Bertz CT molecular complexity index is 502. The molecule has 0 heterocycles. The lowest BCUT2D eigenvalue weighted by Gasteiger charge is -2.36. The van der Waals surface area contributed by atoms with E-state index in [0.29, 0.717) is 6.29 Å². The van der Waals surface area contributed by atoms with Gasteiger partial charge >= 0.3 is 6.18 Å². The molecule has 0 atom stereocenters. The van der Waals surface area contributed by atoms with Crippen LogP contribution < -0.4 is 4.43 Å². The minimum atomic E-state index is -4.50.